The van der Waals surface area contributed by atoms with Crippen LogP contribution >= 0.6 is 0 Å². The summed E-state index contributed by atoms with van der Waals surface area (Å²) < 4.78 is 23.7. The van der Waals surface area contributed by atoms with Gasteiger partial charge >= 0.3 is 0 Å². The number of hydrogen-bond donors (Lipinski definition) is 2. The normalized spacial score (nSPS) is 22.1. The fraction of sp³-hybridized carbons (Fsp3) is 0.611. The third-order valence-corrected chi connectivity index (χ3v) is 6.31. The maximum absolute atomic E-state index is 12.6. The zero-order valence-corrected chi connectivity index (χ0v) is 16.5. The number of likely N-dealkylation sites (N-methyl/N-ethyl adjacent to an activating group) is 1. The molecule has 2 atom stereocenters. The number of nitrogens with zero attached hydrogens (tertiary/aromatic N) is 2. The van der Waals surface area contributed by atoms with Gasteiger partial charge in [0, 0.05) is 18.8 Å². The molecule has 2 unspecified atom stereocenters. The average Bonchev–Trinajstić information content (AvgIpc) is 2.84. The van der Waals surface area contributed by atoms with Crippen LogP contribution in [0.1, 0.15) is 12.5 Å². The van der Waals surface area contributed by atoms with E-state index in [0.29, 0.717) is 13.1 Å². The summed E-state index contributed by atoms with van der Waals surface area (Å²) in [5, 5.41) is 13.1. The van der Waals surface area contributed by atoms with Gasteiger partial charge < -0.3 is 15.3 Å². The van der Waals surface area contributed by atoms with Crippen molar-refractivity contribution < 1.29 is 18.3 Å². The van der Waals surface area contributed by atoms with Crippen molar-refractivity contribution in [3.05, 3.63) is 29.8 Å². The number of amides is 1. The van der Waals surface area contributed by atoms with Gasteiger partial charge in [0.05, 0.1) is 30.2 Å². The van der Waals surface area contributed by atoms with Crippen LogP contribution < -0.4 is 5.32 Å². The van der Waals surface area contributed by atoms with E-state index in [9.17, 15) is 18.3 Å². The number of carbonyl (C=O) groups is 1. The number of para-hydroxylation sites is 1. The molecular weight excluding hydrogens is 354 g/mol. The molecular formula is C18H29N3O4S. The Morgan fingerprint density at radius 1 is 1.23 bits per heavy atom. The Labute approximate surface area is 155 Å². The number of nitrogens with one attached hydrogen (secondary N) is 1. The number of hydrogen-bond acceptors (Lipinski definition) is 6. The van der Waals surface area contributed by atoms with Crippen LogP contribution in [0.15, 0.2) is 24.3 Å². The number of aliphatic hydroxyl groups is 1. The van der Waals surface area contributed by atoms with Crippen LogP contribution in [0.25, 0.3) is 0 Å². The Morgan fingerprint density at radius 2 is 1.92 bits per heavy atom. The largest absolute Gasteiger partial charge is 0.390 e. The lowest BCUT2D eigenvalue weighted by Gasteiger charge is -2.30. The predicted molar refractivity (Wildman–Crippen MR) is 103 cm³/mol. The molecule has 8 heteroatoms. The summed E-state index contributed by atoms with van der Waals surface area (Å²) in [7, 11) is 0.558. The lowest BCUT2D eigenvalue weighted by Crippen LogP contribution is -2.49. The molecule has 7 nitrogen and oxygen atoms in total. The quantitative estimate of drug-likeness (QED) is 0.667. The van der Waals surface area contributed by atoms with Crippen molar-refractivity contribution in [1.82, 2.24) is 9.80 Å². The van der Waals surface area contributed by atoms with Gasteiger partial charge in [0.15, 0.2) is 9.84 Å². The minimum atomic E-state index is -3.27. The van der Waals surface area contributed by atoms with Crippen LogP contribution in [0, 0.1) is 0 Å². The SMILES string of the molecule is CCc1ccccc1NC(=O)CN(CCN(C)C)C1CS(=O)(=O)CC1O. The van der Waals surface area contributed by atoms with Gasteiger partial charge in [-0.1, -0.05) is 25.1 Å². The molecule has 0 aliphatic carbocycles. The Morgan fingerprint density at radius 3 is 2.50 bits per heavy atom. The number of sulfone groups is 1. The molecule has 1 heterocycles. The van der Waals surface area contributed by atoms with E-state index in [4.69, 9.17) is 0 Å². The first kappa shape index (κ1) is 20.8. The summed E-state index contributed by atoms with van der Waals surface area (Å²) in [6.45, 7) is 3.24. The van der Waals surface area contributed by atoms with Gasteiger partial charge in [0.25, 0.3) is 0 Å². The van der Waals surface area contributed by atoms with E-state index < -0.39 is 22.0 Å². The molecule has 1 saturated heterocycles. The molecule has 1 amide bonds. The van der Waals surface area contributed by atoms with Crippen LogP contribution in [-0.2, 0) is 21.1 Å². The minimum Gasteiger partial charge on any atom is -0.390 e. The number of rotatable bonds is 8. The van der Waals surface area contributed by atoms with Crippen LogP contribution in [0.3, 0.4) is 0 Å². The minimum absolute atomic E-state index is 0.0448. The number of anilines is 1. The van der Waals surface area contributed by atoms with Gasteiger partial charge in [-0.3, -0.25) is 9.69 Å². The van der Waals surface area contributed by atoms with Crippen LogP contribution in [-0.4, -0.2) is 86.6 Å². The van der Waals surface area contributed by atoms with Crippen molar-refractivity contribution in [3.8, 4) is 0 Å². The molecule has 0 aromatic heterocycles. The van der Waals surface area contributed by atoms with Gasteiger partial charge in [-0.05, 0) is 32.1 Å². The summed E-state index contributed by atoms with van der Waals surface area (Å²) >= 11 is 0. The highest BCUT2D eigenvalue weighted by atomic mass is 32.2. The fourth-order valence-corrected chi connectivity index (χ4v) is 5.01. The molecule has 2 rings (SSSR count). The van der Waals surface area contributed by atoms with E-state index >= 15 is 0 Å². The first-order chi connectivity index (χ1) is 12.2. The molecule has 146 valence electrons. The van der Waals surface area contributed by atoms with Gasteiger partial charge in [0.1, 0.15) is 0 Å². The summed E-state index contributed by atoms with van der Waals surface area (Å²) in [6, 6.07) is 7.07. The number of aryl methyl sites for hydroxylation is 1. The zero-order valence-electron chi connectivity index (χ0n) is 15.7. The topological polar surface area (TPSA) is 90.0 Å². The monoisotopic (exact) mass is 383 g/mol. The number of aliphatic hydroxyl groups excluding tert-OH is 1. The van der Waals surface area contributed by atoms with Crippen LogP contribution in [0.2, 0.25) is 0 Å². The molecule has 1 aromatic carbocycles. The summed E-state index contributed by atoms with van der Waals surface area (Å²) in [6.07, 6.45) is -0.154. The first-order valence-corrected chi connectivity index (χ1v) is 10.7. The average molecular weight is 384 g/mol. The standard InChI is InChI=1S/C18H29N3O4S/c1-4-14-7-5-6-8-15(14)19-18(23)11-21(10-9-20(2)3)16-12-26(24,25)13-17(16)22/h5-8,16-17,22H,4,9-13H2,1-3H3,(H,19,23). The summed E-state index contributed by atoms with van der Waals surface area (Å²) in [4.78, 5) is 16.3. The van der Waals surface area contributed by atoms with Gasteiger partial charge in [0.2, 0.25) is 5.91 Å². The second-order valence-electron chi connectivity index (χ2n) is 7.04. The highest BCUT2D eigenvalue weighted by molar-refractivity contribution is 7.91. The van der Waals surface area contributed by atoms with Gasteiger partial charge in [-0.25, -0.2) is 8.42 Å². The highest BCUT2D eigenvalue weighted by Gasteiger charge is 2.40. The maximum Gasteiger partial charge on any atom is 0.238 e. The van der Waals surface area contributed by atoms with Crippen LogP contribution in [0.5, 0.6) is 0 Å². The smallest absolute Gasteiger partial charge is 0.238 e. The molecule has 1 fully saturated rings. The molecule has 1 aromatic rings. The predicted octanol–water partition coefficient (Wildman–Crippen LogP) is 0.209. The molecule has 0 bridgehead atoms. The molecule has 0 spiro atoms. The Hall–Kier alpha value is -1.48. The van der Waals surface area contributed by atoms with E-state index in [1.807, 2.05) is 50.2 Å². The van der Waals surface area contributed by atoms with Crippen LogP contribution in [0.4, 0.5) is 5.69 Å². The molecule has 0 radical (unpaired) electrons. The molecule has 1 aliphatic heterocycles. The first-order valence-electron chi connectivity index (χ1n) is 8.87. The Balaban J connectivity index is 2.09. The molecule has 0 saturated carbocycles. The summed E-state index contributed by atoms with van der Waals surface area (Å²) in [5.41, 5.74) is 1.82. The third kappa shape index (κ3) is 5.77. The van der Waals surface area contributed by atoms with Gasteiger partial charge in [-0.15, -0.1) is 0 Å². The number of carbonyl (C=O) groups excluding carboxylic acids is 1. The van der Waals surface area contributed by atoms with Crippen molar-refractivity contribution in [2.45, 2.75) is 25.5 Å². The number of benzene rings is 1. The van der Waals surface area contributed by atoms with Gasteiger partial charge in [-0.2, -0.15) is 0 Å². The lowest BCUT2D eigenvalue weighted by atomic mass is 10.1. The van der Waals surface area contributed by atoms with E-state index in [0.717, 1.165) is 17.7 Å². The van der Waals surface area contributed by atoms with Crippen molar-refractivity contribution in [2.24, 2.45) is 0 Å². The second kappa shape index (κ2) is 8.94. The Bertz CT molecular complexity index is 721. The van der Waals surface area contributed by atoms with E-state index in [1.54, 1.807) is 4.90 Å². The fourth-order valence-electron chi connectivity index (χ4n) is 3.17. The molecule has 26 heavy (non-hydrogen) atoms. The molecule has 1 aliphatic rings. The Kier molecular flexibility index (Phi) is 7.16. The van der Waals surface area contributed by atoms with E-state index in [1.165, 1.54) is 0 Å². The lowest BCUT2D eigenvalue weighted by molar-refractivity contribution is -0.118. The van der Waals surface area contributed by atoms with E-state index in [-0.39, 0.29) is 24.0 Å². The summed E-state index contributed by atoms with van der Waals surface area (Å²) in [5.74, 6) is -0.558. The van der Waals surface area contributed by atoms with Crippen molar-refractivity contribution in [3.63, 3.8) is 0 Å². The van der Waals surface area contributed by atoms with Crippen molar-refractivity contribution in [1.29, 1.82) is 0 Å². The zero-order chi connectivity index (χ0) is 19.3. The highest BCUT2D eigenvalue weighted by Crippen LogP contribution is 2.19. The maximum atomic E-state index is 12.6. The third-order valence-electron chi connectivity index (χ3n) is 4.62. The second-order valence-corrected chi connectivity index (χ2v) is 9.20. The van der Waals surface area contributed by atoms with E-state index in [2.05, 4.69) is 5.32 Å². The van der Waals surface area contributed by atoms with Crippen molar-refractivity contribution >= 4 is 21.4 Å². The van der Waals surface area contributed by atoms with Crippen molar-refractivity contribution in [2.75, 3.05) is 50.6 Å². The molecule has 2 N–H and O–H groups in total.